The molecule has 3 aromatic heterocycles. The summed E-state index contributed by atoms with van der Waals surface area (Å²) in [7, 11) is 0. The van der Waals surface area contributed by atoms with Gasteiger partial charge in [-0.05, 0) is 35.3 Å². The normalized spacial score (nSPS) is 15.5. The molecule has 0 amide bonds. The zero-order valence-electron chi connectivity index (χ0n) is 39.9. The first-order valence-electron chi connectivity index (χ1n) is 22.6. The van der Waals surface area contributed by atoms with E-state index in [2.05, 4.69) is 0 Å². The van der Waals surface area contributed by atoms with Crippen molar-refractivity contribution in [1.82, 2.24) is 24.1 Å². The highest BCUT2D eigenvalue weighted by Gasteiger charge is 2.23. The smallest absolute Gasteiger partial charge is 0.238 e. The van der Waals surface area contributed by atoms with Crippen molar-refractivity contribution in [1.29, 1.82) is 0 Å². The summed E-state index contributed by atoms with van der Waals surface area (Å²) in [6.07, 6.45) is 0. The molecule has 0 bridgehead atoms. The molecule has 0 unspecified atom stereocenters. The molecular weight excluding hydrogens is 611 g/mol. The minimum absolute atomic E-state index is 0.000663. The summed E-state index contributed by atoms with van der Waals surface area (Å²) in [5.74, 6) is -0.293. The van der Waals surface area contributed by atoms with Crippen LogP contribution in [0.3, 0.4) is 0 Å². The van der Waals surface area contributed by atoms with Gasteiger partial charge in [-0.15, -0.1) is 0 Å². The minimum atomic E-state index is -0.607. The van der Waals surface area contributed by atoms with E-state index in [0.717, 1.165) is 16.8 Å². The fourth-order valence-corrected chi connectivity index (χ4v) is 6.58. The molecule has 0 aliphatic heterocycles. The number of hydrogen-bond donors (Lipinski definition) is 0. The molecule has 0 spiro atoms. The van der Waals surface area contributed by atoms with Crippen LogP contribution in [0.25, 0.3) is 89.2 Å². The van der Waals surface area contributed by atoms with Crippen molar-refractivity contribution in [3.63, 3.8) is 0 Å². The van der Waals surface area contributed by atoms with Crippen LogP contribution in [0, 0.1) is 0 Å². The molecule has 5 heteroatoms. The molecular formula is C45H29N5. The average Bonchev–Trinajstić information content (AvgIpc) is 3.82. The van der Waals surface area contributed by atoms with Crippen LogP contribution in [-0.2, 0) is 0 Å². The lowest BCUT2D eigenvalue weighted by atomic mass is 10.0. The van der Waals surface area contributed by atoms with Crippen LogP contribution in [0.2, 0.25) is 0 Å². The predicted octanol–water partition coefficient (Wildman–Crippen LogP) is 11.1. The van der Waals surface area contributed by atoms with Gasteiger partial charge in [0.15, 0.2) is 11.6 Å². The molecule has 50 heavy (non-hydrogen) atoms. The number of aromatic nitrogens is 5. The van der Waals surface area contributed by atoms with Crippen molar-refractivity contribution in [2.75, 3.05) is 0 Å². The summed E-state index contributed by atoms with van der Waals surface area (Å²) in [4.78, 5) is 14.6. The van der Waals surface area contributed by atoms with Gasteiger partial charge in [0.1, 0.15) is 0 Å². The largest absolute Gasteiger partial charge is 0.307 e. The van der Waals surface area contributed by atoms with Crippen molar-refractivity contribution in [2.24, 2.45) is 0 Å². The molecule has 10 aromatic rings. The van der Waals surface area contributed by atoms with E-state index in [-0.39, 0.29) is 70.7 Å². The van der Waals surface area contributed by atoms with Gasteiger partial charge in [-0.1, -0.05) is 151 Å². The zero-order valence-corrected chi connectivity index (χ0v) is 25.9. The highest BCUT2D eigenvalue weighted by atomic mass is 15.2. The fourth-order valence-electron chi connectivity index (χ4n) is 6.58. The van der Waals surface area contributed by atoms with E-state index in [1.54, 1.807) is 33.4 Å². The van der Waals surface area contributed by atoms with Gasteiger partial charge < -0.3 is 4.57 Å². The number of nitrogens with zero attached hydrogens (tertiary/aromatic N) is 5. The lowest BCUT2D eigenvalue weighted by Gasteiger charge is -2.13. The maximum absolute atomic E-state index is 9.07. The molecule has 0 aliphatic carbocycles. The summed E-state index contributed by atoms with van der Waals surface area (Å²) in [6, 6.07) is 19.9. The molecule has 0 radical (unpaired) electrons. The second-order valence-corrected chi connectivity index (χ2v) is 11.5. The summed E-state index contributed by atoms with van der Waals surface area (Å²) in [5.41, 5.74) is 2.56. The van der Waals surface area contributed by atoms with Crippen LogP contribution < -0.4 is 0 Å². The molecule has 234 valence electrons. The quantitative estimate of drug-likeness (QED) is 0.186. The maximum Gasteiger partial charge on any atom is 0.238 e. The fraction of sp³-hybridized carbons (Fsp3) is 0. The summed E-state index contributed by atoms with van der Waals surface area (Å²) >= 11 is 0. The highest BCUT2D eigenvalue weighted by molar-refractivity contribution is 6.23. The third kappa shape index (κ3) is 4.45. The Bertz CT molecular complexity index is 3590. The summed E-state index contributed by atoms with van der Waals surface area (Å²) in [6.45, 7) is 0. The Morgan fingerprint density at radius 1 is 0.380 bits per heavy atom. The Morgan fingerprint density at radius 2 is 0.900 bits per heavy atom. The molecule has 7 aromatic carbocycles. The van der Waals surface area contributed by atoms with Gasteiger partial charge in [-0.3, -0.25) is 4.57 Å². The van der Waals surface area contributed by atoms with Gasteiger partial charge in [-0.2, -0.15) is 9.97 Å². The van der Waals surface area contributed by atoms with Gasteiger partial charge in [-0.25, -0.2) is 4.98 Å². The van der Waals surface area contributed by atoms with Crippen molar-refractivity contribution in [3.8, 4) is 45.5 Å². The van der Waals surface area contributed by atoms with Crippen molar-refractivity contribution >= 4 is 43.6 Å². The molecule has 3 heterocycles. The standard InChI is InChI=1S/C45H29N5/c1-4-14-30(15-5-1)31-24-26-33(27-25-31)44-46-43(32-16-6-2-7-17-32)47-45(48-44)50-40-23-13-11-21-36(40)38-29-28-37-35-20-10-12-22-39(35)49(41(37)42(38)50)34-18-8-3-9-19-34/h1-29H/i1D,2D,4D,5D,6D,7D,8D,9D,14D,15D,16D,17D,18D,19D. The topological polar surface area (TPSA) is 48.5 Å². The van der Waals surface area contributed by atoms with E-state index in [9.17, 15) is 0 Å². The second-order valence-electron chi connectivity index (χ2n) is 11.5. The molecule has 0 aliphatic rings. The molecule has 0 atom stereocenters. The molecule has 5 nitrogen and oxygen atoms in total. The van der Waals surface area contributed by atoms with Crippen molar-refractivity contribution in [3.05, 3.63) is 176 Å². The van der Waals surface area contributed by atoms with Gasteiger partial charge in [0.05, 0.1) is 41.3 Å². The molecule has 0 saturated carbocycles. The van der Waals surface area contributed by atoms with Gasteiger partial charge >= 0.3 is 0 Å². The van der Waals surface area contributed by atoms with Crippen molar-refractivity contribution in [2.45, 2.75) is 0 Å². The number of para-hydroxylation sites is 3. The molecule has 0 fully saturated rings. The minimum Gasteiger partial charge on any atom is -0.307 e. The van der Waals surface area contributed by atoms with E-state index < -0.39 is 48.3 Å². The van der Waals surface area contributed by atoms with Crippen LogP contribution in [-0.4, -0.2) is 24.1 Å². The maximum atomic E-state index is 9.07. The Kier molecular flexibility index (Phi) is 3.99. The first-order chi connectivity index (χ1) is 30.6. The molecule has 10 rings (SSSR count). The predicted molar refractivity (Wildman–Crippen MR) is 205 cm³/mol. The number of benzene rings is 7. The third-order valence-electron chi connectivity index (χ3n) is 8.70. The first kappa shape index (κ1) is 17.5. The van der Waals surface area contributed by atoms with Crippen LogP contribution in [0.1, 0.15) is 19.2 Å². The Hall–Kier alpha value is -6.85. The van der Waals surface area contributed by atoms with Gasteiger partial charge in [0, 0.05) is 38.4 Å². The molecule has 0 saturated heterocycles. The Balaban J connectivity index is 1.33. The van der Waals surface area contributed by atoms with Gasteiger partial charge in [0.25, 0.3) is 0 Å². The SMILES string of the molecule is [2H]c1cc([2H])c([2H])c(-n2c3ccccc3c3ccc4c5ccccc5n(-c5nc(-c6ccc(-c7c([2H])c([2H])c([2H])c([2H])c7[2H])cc6)nc(-c6c([2H])c([2H])c([2H])c([2H])c6[2H])n5)c4c32)c1[2H]. The Labute approximate surface area is 308 Å². The lowest BCUT2D eigenvalue weighted by Crippen LogP contribution is -2.07. The van der Waals surface area contributed by atoms with Crippen LogP contribution >= 0.6 is 0 Å². The Morgan fingerprint density at radius 3 is 1.54 bits per heavy atom. The van der Waals surface area contributed by atoms with E-state index in [1.807, 2.05) is 60.7 Å². The number of hydrogen-bond acceptors (Lipinski definition) is 3. The number of fused-ring (bicyclic) bond motifs is 7. The second kappa shape index (κ2) is 11.4. The third-order valence-corrected chi connectivity index (χ3v) is 8.70. The van der Waals surface area contributed by atoms with E-state index in [4.69, 9.17) is 34.1 Å². The van der Waals surface area contributed by atoms with Crippen LogP contribution in [0.5, 0.6) is 0 Å². The summed E-state index contributed by atoms with van der Waals surface area (Å²) in [5, 5.41) is 2.91. The monoisotopic (exact) mass is 653 g/mol. The average molecular weight is 654 g/mol. The highest BCUT2D eigenvalue weighted by Crippen LogP contribution is 2.41. The van der Waals surface area contributed by atoms with Gasteiger partial charge in [0.2, 0.25) is 5.95 Å². The lowest BCUT2D eigenvalue weighted by molar-refractivity contribution is 0.953. The van der Waals surface area contributed by atoms with Crippen molar-refractivity contribution < 1.29 is 19.2 Å². The van der Waals surface area contributed by atoms with E-state index >= 15 is 0 Å². The molecule has 0 N–H and O–H groups in total. The first-order valence-corrected chi connectivity index (χ1v) is 15.6. The summed E-state index contributed by atoms with van der Waals surface area (Å²) < 4.78 is 123. The zero-order chi connectivity index (χ0) is 45.2. The van der Waals surface area contributed by atoms with Crippen LogP contribution in [0.15, 0.2) is 176 Å². The number of rotatable bonds is 5. The van der Waals surface area contributed by atoms with E-state index in [1.165, 1.54) is 0 Å². The van der Waals surface area contributed by atoms with E-state index in [0.29, 0.717) is 44.0 Å². The van der Waals surface area contributed by atoms with Crippen LogP contribution in [0.4, 0.5) is 0 Å².